The number of halogens is 1. The zero-order chi connectivity index (χ0) is 13.1. The van der Waals surface area contributed by atoms with Gasteiger partial charge in [-0.15, -0.1) is 0 Å². The van der Waals surface area contributed by atoms with Crippen molar-refractivity contribution in [1.29, 1.82) is 0 Å². The van der Waals surface area contributed by atoms with Crippen LogP contribution in [0.15, 0.2) is 23.4 Å². The lowest BCUT2D eigenvalue weighted by molar-refractivity contribution is 0.318. The molecule has 4 N–H and O–H groups in total. The van der Waals surface area contributed by atoms with E-state index in [0.717, 1.165) is 30.5 Å². The van der Waals surface area contributed by atoms with E-state index in [9.17, 15) is 0 Å². The minimum absolute atomic E-state index is 0.0724. The second-order valence-corrected chi connectivity index (χ2v) is 5.30. The third-order valence-electron chi connectivity index (χ3n) is 3.45. The van der Waals surface area contributed by atoms with E-state index < -0.39 is 0 Å². The fraction of sp³-hybridized carbons (Fsp3) is 0.462. The number of amidine groups is 1. The van der Waals surface area contributed by atoms with Gasteiger partial charge in [-0.2, -0.15) is 0 Å². The lowest BCUT2D eigenvalue weighted by atomic mass is 10.1. The van der Waals surface area contributed by atoms with Crippen LogP contribution in [0.5, 0.6) is 0 Å². The Morgan fingerprint density at radius 3 is 2.89 bits per heavy atom. The Balaban J connectivity index is 1.92. The molecule has 0 radical (unpaired) electrons. The molecule has 1 fully saturated rings. The molecule has 1 aliphatic rings. The van der Waals surface area contributed by atoms with E-state index in [-0.39, 0.29) is 5.84 Å². The maximum Gasteiger partial charge on any atom is 0.170 e. The van der Waals surface area contributed by atoms with Gasteiger partial charge in [0.1, 0.15) is 0 Å². The summed E-state index contributed by atoms with van der Waals surface area (Å²) in [5.74, 6) is 1.75. The summed E-state index contributed by atoms with van der Waals surface area (Å²) in [5, 5.41) is 15.6. The van der Waals surface area contributed by atoms with Gasteiger partial charge in [-0.05, 0) is 36.4 Å². The van der Waals surface area contributed by atoms with Crippen molar-refractivity contribution in [2.24, 2.45) is 22.7 Å². The van der Waals surface area contributed by atoms with Crippen LogP contribution in [0.4, 0.5) is 0 Å². The third-order valence-corrected chi connectivity index (χ3v) is 3.81. The summed E-state index contributed by atoms with van der Waals surface area (Å²) < 4.78 is 0. The van der Waals surface area contributed by atoms with Gasteiger partial charge in [0, 0.05) is 17.1 Å². The van der Waals surface area contributed by atoms with Gasteiger partial charge in [0.25, 0.3) is 0 Å². The highest BCUT2D eigenvalue weighted by atomic mass is 35.5. The summed E-state index contributed by atoms with van der Waals surface area (Å²) in [6.45, 7) is 4.06. The fourth-order valence-electron chi connectivity index (χ4n) is 1.98. The molecule has 0 heterocycles. The number of hydrogen-bond acceptors (Lipinski definition) is 3. The number of hydrogen-bond donors (Lipinski definition) is 3. The Bertz CT molecular complexity index is 462. The molecule has 4 nitrogen and oxygen atoms in total. The number of oxime groups is 1. The van der Waals surface area contributed by atoms with Gasteiger partial charge in [-0.3, -0.25) is 0 Å². The van der Waals surface area contributed by atoms with E-state index in [0.29, 0.717) is 10.6 Å². The first-order chi connectivity index (χ1) is 8.61. The molecular weight excluding hydrogens is 250 g/mol. The van der Waals surface area contributed by atoms with Gasteiger partial charge in [0.2, 0.25) is 0 Å². The Kier molecular flexibility index (Phi) is 4.09. The van der Waals surface area contributed by atoms with Crippen LogP contribution in [0.2, 0.25) is 5.02 Å². The van der Waals surface area contributed by atoms with Crippen LogP contribution >= 0.6 is 11.6 Å². The maximum absolute atomic E-state index is 8.59. The first-order valence-corrected chi connectivity index (χ1v) is 6.46. The Labute approximate surface area is 112 Å². The van der Waals surface area contributed by atoms with E-state index in [1.165, 1.54) is 6.42 Å². The fourth-order valence-corrected chi connectivity index (χ4v) is 2.23. The van der Waals surface area contributed by atoms with E-state index in [1.807, 2.05) is 6.07 Å². The molecule has 98 valence electrons. The number of nitrogens with two attached hydrogens (primary N) is 1. The lowest BCUT2D eigenvalue weighted by Gasteiger charge is -2.08. The van der Waals surface area contributed by atoms with Gasteiger partial charge >= 0.3 is 0 Å². The Morgan fingerprint density at radius 2 is 2.33 bits per heavy atom. The topological polar surface area (TPSA) is 70.6 Å². The molecule has 2 unspecified atom stereocenters. The monoisotopic (exact) mass is 267 g/mol. The molecule has 2 rings (SSSR count). The van der Waals surface area contributed by atoms with Crippen molar-refractivity contribution in [1.82, 2.24) is 5.32 Å². The van der Waals surface area contributed by atoms with Crippen molar-refractivity contribution in [2.75, 3.05) is 6.54 Å². The summed E-state index contributed by atoms with van der Waals surface area (Å²) in [4.78, 5) is 0. The molecule has 1 saturated carbocycles. The van der Waals surface area contributed by atoms with Crippen LogP contribution in [0.25, 0.3) is 0 Å². The van der Waals surface area contributed by atoms with Crippen LogP contribution in [-0.2, 0) is 6.54 Å². The molecular formula is C13H18ClN3O. The highest BCUT2D eigenvalue weighted by molar-refractivity contribution is 6.31. The molecule has 0 bridgehead atoms. The first kappa shape index (κ1) is 13.2. The second-order valence-electron chi connectivity index (χ2n) is 4.90. The average molecular weight is 268 g/mol. The third kappa shape index (κ3) is 3.15. The molecule has 0 aromatic heterocycles. The van der Waals surface area contributed by atoms with Crippen molar-refractivity contribution in [3.8, 4) is 0 Å². The summed E-state index contributed by atoms with van der Waals surface area (Å²) in [6, 6.07) is 5.42. The lowest BCUT2D eigenvalue weighted by Crippen LogP contribution is -2.17. The zero-order valence-corrected chi connectivity index (χ0v) is 11.1. The smallest absolute Gasteiger partial charge is 0.170 e. The minimum atomic E-state index is 0.0724. The number of nitrogens with one attached hydrogen (secondary N) is 1. The first-order valence-electron chi connectivity index (χ1n) is 6.09. The van der Waals surface area contributed by atoms with Crippen LogP contribution in [-0.4, -0.2) is 17.6 Å². The summed E-state index contributed by atoms with van der Waals surface area (Å²) in [6.07, 6.45) is 1.32. The van der Waals surface area contributed by atoms with Crippen molar-refractivity contribution in [2.45, 2.75) is 19.9 Å². The van der Waals surface area contributed by atoms with Gasteiger partial charge in [0.05, 0.1) is 0 Å². The predicted molar refractivity (Wildman–Crippen MR) is 72.9 cm³/mol. The molecule has 0 aliphatic heterocycles. The van der Waals surface area contributed by atoms with Crippen molar-refractivity contribution >= 4 is 17.4 Å². The van der Waals surface area contributed by atoms with Crippen LogP contribution in [0, 0.1) is 11.8 Å². The summed E-state index contributed by atoms with van der Waals surface area (Å²) >= 11 is 6.16. The van der Waals surface area contributed by atoms with E-state index in [1.54, 1.807) is 12.1 Å². The van der Waals surface area contributed by atoms with Crippen LogP contribution < -0.4 is 11.1 Å². The summed E-state index contributed by atoms with van der Waals surface area (Å²) in [5.41, 5.74) is 7.16. The normalized spacial score (nSPS) is 23.1. The highest BCUT2D eigenvalue weighted by Gasteiger charge is 2.31. The Morgan fingerprint density at radius 1 is 1.61 bits per heavy atom. The summed E-state index contributed by atoms with van der Waals surface area (Å²) in [7, 11) is 0. The molecule has 1 aromatic carbocycles. The van der Waals surface area contributed by atoms with E-state index >= 15 is 0 Å². The van der Waals surface area contributed by atoms with Crippen molar-refractivity contribution in [3.05, 3.63) is 34.3 Å². The predicted octanol–water partition coefficient (Wildman–Crippen LogP) is 2.18. The Hall–Kier alpha value is -1.26. The zero-order valence-electron chi connectivity index (χ0n) is 10.4. The molecule has 0 saturated heterocycles. The van der Waals surface area contributed by atoms with E-state index in [4.69, 9.17) is 22.5 Å². The van der Waals surface area contributed by atoms with Crippen molar-refractivity contribution < 1.29 is 5.21 Å². The SMILES string of the molecule is CC1CC1CNCc1ccc(/C(N)=N/O)cc1Cl. The molecule has 0 spiro atoms. The van der Waals surface area contributed by atoms with Gasteiger partial charge in [0.15, 0.2) is 5.84 Å². The molecule has 1 aliphatic carbocycles. The van der Waals surface area contributed by atoms with Gasteiger partial charge in [-0.25, -0.2) is 0 Å². The second kappa shape index (κ2) is 5.59. The highest BCUT2D eigenvalue weighted by Crippen LogP contribution is 2.36. The number of rotatable bonds is 5. The number of nitrogens with zero attached hydrogens (tertiary/aromatic N) is 1. The van der Waals surface area contributed by atoms with Gasteiger partial charge in [-0.1, -0.05) is 35.8 Å². The quantitative estimate of drug-likeness (QED) is 0.331. The maximum atomic E-state index is 8.59. The average Bonchev–Trinajstić information content (AvgIpc) is 3.06. The minimum Gasteiger partial charge on any atom is -0.409 e. The largest absolute Gasteiger partial charge is 0.409 e. The molecule has 18 heavy (non-hydrogen) atoms. The van der Waals surface area contributed by atoms with Gasteiger partial charge < -0.3 is 16.3 Å². The van der Waals surface area contributed by atoms with Crippen LogP contribution in [0.3, 0.4) is 0 Å². The number of benzene rings is 1. The molecule has 0 amide bonds. The standard InChI is InChI=1S/C13H18ClN3O/c1-8-4-11(8)7-16-6-10-3-2-9(5-12(10)14)13(15)17-18/h2-3,5,8,11,16,18H,4,6-7H2,1H3,(H2,15,17). The van der Waals surface area contributed by atoms with Crippen molar-refractivity contribution in [3.63, 3.8) is 0 Å². The van der Waals surface area contributed by atoms with E-state index in [2.05, 4.69) is 17.4 Å². The molecule has 5 heteroatoms. The molecule has 2 atom stereocenters. The van der Waals surface area contributed by atoms with Crippen LogP contribution in [0.1, 0.15) is 24.5 Å². The molecule has 1 aromatic rings.